The Kier molecular flexibility index (Phi) is 4.88. The molecule has 1 aromatic carbocycles. The van der Waals surface area contributed by atoms with E-state index in [9.17, 15) is 9.00 Å². The van der Waals surface area contributed by atoms with Crippen LogP contribution in [0.2, 0.25) is 0 Å². The predicted octanol–water partition coefficient (Wildman–Crippen LogP) is 1.41. The van der Waals surface area contributed by atoms with Crippen molar-refractivity contribution >= 4 is 27.8 Å². The van der Waals surface area contributed by atoms with Crippen LogP contribution < -0.4 is 10.5 Å². The molecule has 24 heavy (non-hydrogen) atoms. The molecule has 130 valence electrons. The zero-order chi connectivity index (χ0) is 17.3. The van der Waals surface area contributed by atoms with Crippen LogP contribution in [0.1, 0.15) is 24.3 Å². The average molecular weight is 351 g/mol. The van der Waals surface area contributed by atoms with E-state index in [1.807, 2.05) is 19.9 Å². The average Bonchev–Trinajstić information content (AvgIpc) is 2.93. The Morgan fingerprint density at radius 3 is 2.71 bits per heavy atom. The Morgan fingerprint density at radius 2 is 2.08 bits per heavy atom. The number of morpholine rings is 1. The normalized spacial score (nSPS) is 17.3. The Labute approximate surface area is 142 Å². The molecule has 1 aliphatic heterocycles. The maximum Gasteiger partial charge on any atom is 0.266 e. The van der Waals surface area contributed by atoms with Crippen LogP contribution >= 0.6 is 0 Å². The summed E-state index contributed by atoms with van der Waals surface area (Å²) in [6.45, 7) is 5.98. The fraction of sp³-hybridized carbons (Fsp3) is 0.438. The number of H-pyrrole nitrogens is 1. The number of fused-ring (bicyclic) bond motifs is 1. The molecule has 8 heteroatoms. The summed E-state index contributed by atoms with van der Waals surface area (Å²) in [4.78, 5) is 15.2. The minimum Gasteiger partial charge on any atom is -0.491 e. The summed E-state index contributed by atoms with van der Waals surface area (Å²) in [6.07, 6.45) is 0.0187. The van der Waals surface area contributed by atoms with E-state index in [2.05, 4.69) is 4.98 Å². The van der Waals surface area contributed by atoms with Crippen molar-refractivity contribution in [2.45, 2.75) is 24.8 Å². The number of nitrogens with zero attached hydrogens (tertiary/aromatic N) is 1. The summed E-state index contributed by atoms with van der Waals surface area (Å²) in [5.41, 5.74) is 6.37. The van der Waals surface area contributed by atoms with Crippen molar-refractivity contribution < 1.29 is 18.5 Å². The highest BCUT2D eigenvalue weighted by molar-refractivity contribution is 7.83. The molecule has 2 aromatic rings. The van der Waals surface area contributed by atoms with Crippen molar-refractivity contribution in [3.05, 3.63) is 23.9 Å². The van der Waals surface area contributed by atoms with Gasteiger partial charge in [0, 0.05) is 24.0 Å². The van der Waals surface area contributed by atoms with Gasteiger partial charge in [-0.2, -0.15) is 0 Å². The molecular weight excluding hydrogens is 330 g/mol. The van der Waals surface area contributed by atoms with Gasteiger partial charge in [0.25, 0.3) is 5.91 Å². The van der Waals surface area contributed by atoms with E-state index in [0.717, 1.165) is 0 Å². The molecule has 1 fully saturated rings. The van der Waals surface area contributed by atoms with Gasteiger partial charge in [-0.3, -0.25) is 4.79 Å². The summed E-state index contributed by atoms with van der Waals surface area (Å²) >= 11 is 0. The number of carbonyl (C=O) groups is 1. The standard InChI is InChI=1S/C16H21N3O4S/c1-10(2)23-11-3-4-13-12(9-11)15(14(18-13)16(17)20)24(21)19-5-7-22-8-6-19/h3-4,9-10,18H,5-8H2,1-2H3,(H2,17,20). The second-order valence-electron chi connectivity index (χ2n) is 5.86. The quantitative estimate of drug-likeness (QED) is 0.851. The predicted molar refractivity (Wildman–Crippen MR) is 91.4 cm³/mol. The topological polar surface area (TPSA) is 97.7 Å². The van der Waals surface area contributed by atoms with Gasteiger partial charge in [0.15, 0.2) is 0 Å². The lowest BCUT2D eigenvalue weighted by atomic mass is 10.2. The van der Waals surface area contributed by atoms with Crippen LogP contribution in [0.15, 0.2) is 23.1 Å². The molecule has 1 saturated heterocycles. The van der Waals surface area contributed by atoms with Crippen molar-refractivity contribution in [2.75, 3.05) is 26.3 Å². The molecule has 3 rings (SSSR count). The molecule has 1 aromatic heterocycles. The molecule has 1 aliphatic rings. The SMILES string of the molecule is CC(C)Oc1ccc2[nH]c(C(N)=O)c(S(=O)N3CCOCC3)c2c1. The van der Waals surface area contributed by atoms with Gasteiger partial charge in [0.1, 0.15) is 22.4 Å². The lowest BCUT2D eigenvalue weighted by Gasteiger charge is -2.25. The van der Waals surface area contributed by atoms with E-state index in [0.29, 0.717) is 47.9 Å². The summed E-state index contributed by atoms with van der Waals surface area (Å²) in [5.74, 6) is 0.0295. The number of ether oxygens (including phenoxy) is 2. The highest BCUT2D eigenvalue weighted by atomic mass is 32.2. The zero-order valence-corrected chi connectivity index (χ0v) is 14.5. The number of aromatic nitrogens is 1. The molecule has 1 unspecified atom stereocenters. The molecule has 0 radical (unpaired) electrons. The van der Waals surface area contributed by atoms with Crippen molar-refractivity contribution in [2.24, 2.45) is 5.73 Å². The highest BCUT2D eigenvalue weighted by Crippen LogP contribution is 2.31. The van der Waals surface area contributed by atoms with E-state index in [4.69, 9.17) is 15.2 Å². The van der Waals surface area contributed by atoms with Crippen LogP contribution in [0, 0.1) is 0 Å². The van der Waals surface area contributed by atoms with E-state index >= 15 is 0 Å². The lowest BCUT2D eigenvalue weighted by molar-refractivity contribution is 0.0752. The van der Waals surface area contributed by atoms with Crippen LogP contribution in [0.25, 0.3) is 10.9 Å². The second kappa shape index (κ2) is 6.92. The van der Waals surface area contributed by atoms with Gasteiger partial charge >= 0.3 is 0 Å². The molecule has 0 bridgehead atoms. The number of hydrogen-bond acceptors (Lipinski definition) is 4. The number of carbonyl (C=O) groups excluding carboxylic acids is 1. The smallest absolute Gasteiger partial charge is 0.266 e. The minimum atomic E-state index is -1.50. The molecule has 0 aliphatic carbocycles. The largest absolute Gasteiger partial charge is 0.491 e. The Balaban J connectivity index is 2.09. The number of nitrogens with one attached hydrogen (secondary N) is 1. The van der Waals surface area contributed by atoms with Crippen molar-refractivity contribution in [1.29, 1.82) is 0 Å². The zero-order valence-electron chi connectivity index (χ0n) is 13.7. The maximum absolute atomic E-state index is 13.0. The molecule has 2 heterocycles. The Bertz CT molecular complexity index is 781. The third-order valence-electron chi connectivity index (χ3n) is 3.72. The summed E-state index contributed by atoms with van der Waals surface area (Å²) < 4.78 is 25.8. The van der Waals surface area contributed by atoms with Crippen LogP contribution in [0.5, 0.6) is 5.75 Å². The van der Waals surface area contributed by atoms with Crippen LogP contribution in [0.3, 0.4) is 0 Å². The number of aromatic amines is 1. The molecule has 0 saturated carbocycles. The van der Waals surface area contributed by atoms with Gasteiger partial charge in [0.2, 0.25) is 0 Å². The fourth-order valence-corrected chi connectivity index (χ4v) is 4.11. The van der Waals surface area contributed by atoms with E-state index in [-0.39, 0.29) is 11.8 Å². The number of nitrogens with two attached hydrogens (primary N) is 1. The number of benzene rings is 1. The number of hydrogen-bond donors (Lipinski definition) is 2. The maximum atomic E-state index is 13.0. The van der Waals surface area contributed by atoms with Gasteiger partial charge in [-0.15, -0.1) is 0 Å². The number of amides is 1. The molecule has 3 N–H and O–H groups in total. The lowest BCUT2D eigenvalue weighted by Crippen LogP contribution is -2.38. The van der Waals surface area contributed by atoms with Gasteiger partial charge in [0.05, 0.1) is 24.2 Å². The van der Waals surface area contributed by atoms with Gasteiger partial charge in [-0.05, 0) is 32.0 Å². The molecule has 1 amide bonds. The first-order valence-electron chi connectivity index (χ1n) is 7.84. The third kappa shape index (κ3) is 3.31. The molecule has 7 nitrogen and oxygen atoms in total. The molecule has 1 atom stereocenters. The first-order valence-corrected chi connectivity index (χ1v) is 8.95. The monoisotopic (exact) mass is 351 g/mol. The first kappa shape index (κ1) is 16.9. The third-order valence-corrected chi connectivity index (χ3v) is 5.33. The number of primary amides is 1. The van der Waals surface area contributed by atoms with Gasteiger partial charge in [-0.25, -0.2) is 8.51 Å². The van der Waals surface area contributed by atoms with E-state index in [1.165, 1.54) is 0 Å². The first-order chi connectivity index (χ1) is 11.5. The minimum absolute atomic E-state index is 0.0187. The number of rotatable bonds is 5. The fourth-order valence-electron chi connectivity index (χ4n) is 2.69. The van der Waals surface area contributed by atoms with Gasteiger partial charge < -0.3 is 20.2 Å². The second-order valence-corrected chi connectivity index (χ2v) is 7.28. The van der Waals surface area contributed by atoms with Crippen molar-refractivity contribution in [1.82, 2.24) is 9.29 Å². The van der Waals surface area contributed by atoms with Crippen molar-refractivity contribution in [3.8, 4) is 5.75 Å². The Hall–Kier alpha value is -1.90. The molecular formula is C16H21N3O4S. The summed E-state index contributed by atoms with van der Waals surface area (Å²) in [6, 6.07) is 5.41. The van der Waals surface area contributed by atoms with Crippen molar-refractivity contribution in [3.63, 3.8) is 0 Å². The van der Waals surface area contributed by atoms with Crippen LogP contribution in [-0.4, -0.2) is 51.8 Å². The Morgan fingerprint density at radius 1 is 1.38 bits per heavy atom. The summed E-state index contributed by atoms with van der Waals surface area (Å²) in [7, 11) is -1.50. The molecule has 0 spiro atoms. The van der Waals surface area contributed by atoms with Crippen LogP contribution in [-0.2, 0) is 15.7 Å². The van der Waals surface area contributed by atoms with Gasteiger partial charge in [-0.1, -0.05) is 0 Å². The highest BCUT2D eigenvalue weighted by Gasteiger charge is 2.26. The van der Waals surface area contributed by atoms with E-state index < -0.39 is 16.9 Å². The van der Waals surface area contributed by atoms with Crippen LogP contribution in [0.4, 0.5) is 0 Å². The van der Waals surface area contributed by atoms with E-state index in [1.54, 1.807) is 16.4 Å². The summed E-state index contributed by atoms with van der Waals surface area (Å²) in [5, 5.41) is 0.687.